The summed E-state index contributed by atoms with van der Waals surface area (Å²) in [6, 6.07) is 16.4. The number of nitrogens with zero attached hydrogens (tertiary/aromatic N) is 2. The SMILES string of the molecule is Cc1ccc(Oc2cc(NNC(=O)[C@H]3COc4ccccc4O3)ncn2)cc1. The Balaban J connectivity index is 1.35. The van der Waals surface area contributed by atoms with Crippen molar-refractivity contribution in [2.24, 2.45) is 0 Å². The van der Waals surface area contributed by atoms with E-state index in [1.165, 1.54) is 6.33 Å². The molecule has 2 heterocycles. The Morgan fingerprint density at radius 1 is 1.11 bits per heavy atom. The molecule has 0 radical (unpaired) electrons. The maximum atomic E-state index is 12.3. The first-order valence-electron chi connectivity index (χ1n) is 8.68. The van der Waals surface area contributed by atoms with Crippen LogP contribution < -0.4 is 25.1 Å². The Kier molecular flexibility index (Phi) is 4.92. The zero-order valence-electron chi connectivity index (χ0n) is 15.1. The van der Waals surface area contributed by atoms with Gasteiger partial charge in [-0.25, -0.2) is 9.97 Å². The number of nitrogens with one attached hydrogen (secondary N) is 2. The second-order valence-corrected chi connectivity index (χ2v) is 6.14. The molecule has 0 spiro atoms. The van der Waals surface area contributed by atoms with Crippen molar-refractivity contribution in [1.29, 1.82) is 0 Å². The van der Waals surface area contributed by atoms with E-state index in [2.05, 4.69) is 20.8 Å². The fraction of sp³-hybridized carbons (Fsp3) is 0.150. The normalized spacial score (nSPS) is 14.8. The molecular formula is C20H18N4O4. The molecule has 1 aliphatic heterocycles. The average Bonchev–Trinajstić information content (AvgIpc) is 2.73. The minimum Gasteiger partial charge on any atom is -0.485 e. The number of amides is 1. The molecule has 142 valence electrons. The van der Waals surface area contributed by atoms with Crippen LogP contribution in [0.15, 0.2) is 60.9 Å². The van der Waals surface area contributed by atoms with Gasteiger partial charge in [0, 0.05) is 6.07 Å². The number of hydrogen-bond acceptors (Lipinski definition) is 7. The number of carbonyl (C=O) groups is 1. The Labute approximate surface area is 161 Å². The second-order valence-electron chi connectivity index (χ2n) is 6.14. The van der Waals surface area contributed by atoms with Crippen LogP contribution in [0.1, 0.15) is 5.56 Å². The lowest BCUT2D eigenvalue weighted by atomic mass is 10.2. The Bertz CT molecular complexity index is 978. The van der Waals surface area contributed by atoms with Gasteiger partial charge in [0.25, 0.3) is 5.91 Å². The van der Waals surface area contributed by atoms with Crippen molar-refractivity contribution < 1.29 is 19.0 Å². The predicted octanol–water partition coefficient (Wildman–Crippen LogP) is 2.86. The van der Waals surface area contributed by atoms with E-state index >= 15 is 0 Å². The molecule has 4 rings (SSSR count). The highest BCUT2D eigenvalue weighted by Crippen LogP contribution is 2.30. The highest BCUT2D eigenvalue weighted by atomic mass is 16.6. The van der Waals surface area contributed by atoms with Crippen LogP contribution in [0, 0.1) is 6.92 Å². The first kappa shape index (κ1) is 17.6. The molecule has 0 aliphatic carbocycles. The van der Waals surface area contributed by atoms with Crippen molar-refractivity contribution in [3.05, 3.63) is 66.5 Å². The van der Waals surface area contributed by atoms with E-state index in [0.717, 1.165) is 5.56 Å². The number of rotatable bonds is 5. The van der Waals surface area contributed by atoms with Gasteiger partial charge in [0.2, 0.25) is 12.0 Å². The summed E-state index contributed by atoms with van der Waals surface area (Å²) in [6.07, 6.45) is 0.571. The van der Waals surface area contributed by atoms with Crippen LogP contribution in [-0.4, -0.2) is 28.6 Å². The highest BCUT2D eigenvalue weighted by Gasteiger charge is 2.27. The van der Waals surface area contributed by atoms with Gasteiger partial charge in [-0.1, -0.05) is 29.8 Å². The van der Waals surface area contributed by atoms with Gasteiger partial charge in [0.15, 0.2) is 17.3 Å². The number of aromatic nitrogens is 2. The summed E-state index contributed by atoms with van der Waals surface area (Å²) >= 11 is 0. The third-order valence-electron chi connectivity index (χ3n) is 4.00. The quantitative estimate of drug-likeness (QED) is 0.659. The molecule has 0 unspecified atom stereocenters. The number of ether oxygens (including phenoxy) is 3. The number of aryl methyl sites for hydroxylation is 1. The number of fused-ring (bicyclic) bond motifs is 1. The molecule has 8 heteroatoms. The van der Waals surface area contributed by atoms with E-state index in [1.54, 1.807) is 18.2 Å². The summed E-state index contributed by atoms with van der Waals surface area (Å²) in [5.74, 6) is 2.15. The molecule has 8 nitrogen and oxygen atoms in total. The molecule has 1 amide bonds. The predicted molar refractivity (Wildman–Crippen MR) is 101 cm³/mol. The molecule has 1 aromatic heterocycles. The molecular weight excluding hydrogens is 360 g/mol. The maximum absolute atomic E-state index is 12.3. The second kappa shape index (κ2) is 7.83. The van der Waals surface area contributed by atoms with Crippen molar-refractivity contribution >= 4 is 11.7 Å². The lowest BCUT2D eigenvalue weighted by Gasteiger charge is -2.25. The van der Waals surface area contributed by atoms with Gasteiger partial charge in [0.05, 0.1) is 0 Å². The molecule has 2 N–H and O–H groups in total. The molecule has 0 fully saturated rings. The van der Waals surface area contributed by atoms with Gasteiger partial charge < -0.3 is 14.2 Å². The van der Waals surface area contributed by atoms with E-state index in [-0.39, 0.29) is 12.5 Å². The highest BCUT2D eigenvalue weighted by molar-refractivity contribution is 5.82. The minimum absolute atomic E-state index is 0.121. The molecule has 28 heavy (non-hydrogen) atoms. The van der Waals surface area contributed by atoms with Gasteiger partial charge in [-0.05, 0) is 31.2 Å². The molecule has 0 bridgehead atoms. The zero-order chi connectivity index (χ0) is 19.3. The van der Waals surface area contributed by atoms with E-state index < -0.39 is 6.10 Å². The molecule has 2 aromatic carbocycles. The molecule has 1 atom stereocenters. The number of hydrogen-bond donors (Lipinski definition) is 2. The monoisotopic (exact) mass is 378 g/mol. The third kappa shape index (κ3) is 4.12. The summed E-state index contributed by atoms with van der Waals surface area (Å²) in [7, 11) is 0. The zero-order valence-corrected chi connectivity index (χ0v) is 15.1. The van der Waals surface area contributed by atoms with E-state index in [0.29, 0.717) is 28.9 Å². The summed E-state index contributed by atoms with van der Waals surface area (Å²) in [5.41, 5.74) is 6.43. The Morgan fingerprint density at radius 2 is 1.89 bits per heavy atom. The number of para-hydroxylation sites is 2. The largest absolute Gasteiger partial charge is 0.485 e. The van der Waals surface area contributed by atoms with Crippen LogP contribution in [0.25, 0.3) is 0 Å². The van der Waals surface area contributed by atoms with Crippen LogP contribution in [0.3, 0.4) is 0 Å². The first-order valence-corrected chi connectivity index (χ1v) is 8.68. The Morgan fingerprint density at radius 3 is 2.71 bits per heavy atom. The van der Waals surface area contributed by atoms with Crippen LogP contribution in [-0.2, 0) is 4.79 Å². The summed E-state index contributed by atoms with van der Waals surface area (Å²) in [4.78, 5) is 20.5. The molecule has 1 aliphatic rings. The van der Waals surface area contributed by atoms with Crippen molar-refractivity contribution in [3.63, 3.8) is 0 Å². The van der Waals surface area contributed by atoms with Crippen LogP contribution >= 0.6 is 0 Å². The lowest BCUT2D eigenvalue weighted by Crippen LogP contribution is -2.46. The lowest BCUT2D eigenvalue weighted by molar-refractivity contribution is -0.129. The van der Waals surface area contributed by atoms with Crippen molar-refractivity contribution in [3.8, 4) is 23.1 Å². The van der Waals surface area contributed by atoms with Crippen LogP contribution in [0.4, 0.5) is 5.82 Å². The van der Waals surface area contributed by atoms with Gasteiger partial charge in [-0.15, -0.1) is 0 Å². The molecule has 0 saturated carbocycles. The maximum Gasteiger partial charge on any atom is 0.283 e. The van der Waals surface area contributed by atoms with Crippen molar-refractivity contribution in [2.75, 3.05) is 12.0 Å². The number of hydrazine groups is 1. The van der Waals surface area contributed by atoms with Crippen molar-refractivity contribution in [1.82, 2.24) is 15.4 Å². The fourth-order valence-electron chi connectivity index (χ4n) is 2.55. The summed E-state index contributed by atoms with van der Waals surface area (Å²) in [5, 5.41) is 0. The molecule has 0 saturated heterocycles. The van der Waals surface area contributed by atoms with Crippen LogP contribution in [0.2, 0.25) is 0 Å². The van der Waals surface area contributed by atoms with Gasteiger partial charge in [-0.2, -0.15) is 0 Å². The van der Waals surface area contributed by atoms with Gasteiger partial charge in [-0.3, -0.25) is 15.6 Å². The van der Waals surface area contributed by atoms with Gasteiger partial charge >= 0.3 is 0 Å². The van der Waals surface area contributed by atoms with Crippen molar-refractivity contribution in [2.45, 2.75) is 13.0 Å². The van der Waals surface area contributed by atoms with E-state index in [1.807, 2.05) is 43.3 Å². The smallest absolute Gasteiger partial charge is 0.283 e. The Hall–Kier alpha value is -3.81. The summed E-state index contributed by atoms with van der Waals surface area (Å²) < 4.78 is 16.9. The standard InChI is InChI=1S/C20H18N4O4/c1-13-6-8-14(9-7-13)27-19-10-18(21-12-22-19)23-24-20(25)17-11-26-15-4-2-3-5-16(15)28-17/h2-10,12,17H,11H2,1H3,(H,24,25)(H,21,22,23)/t17-/m1/s1. The van der Waals surface area contributed by atoms with E-state index in [4.69, 9.17) is 14.2 Å². The number of anilines is 1. The number of benzene rings is 2. The van der Waals surface area contributed by atoms with Gasteiger partial charge in [0.1, 0.15) is 18.7 Å². The first-order chi connectivity index (χ1) is 13.7. The topological polar surface area (TPSA) is 94.6 Å². The summed E-state index contributed by atoms with van der Waals surface area (Å²) in [6.45, 7) is 2.12. The molecule has 3 aromatic rings. The third-order valence-corrected chi connectivity index (χ3v) is 4.00. The average molecular weight is 378 g/mol. The number of carbonyl (C=O) groups excluding carboxylic acids is 1. The fourth-order valence-corrected chi connectivity index (χ4v) is 2.55. The minimum atomic E-state index is -0.771. The van der Waals surface area contributed by atoms with E-state index in [9.17, 15) is 4.79 Å². The van der Waals surface area contributed by atoms with Crippen LogP contribution in [0.5, 0.6) is 23.1 Å².